The third kappa shape index (κ3) is 5.11. The molecule has 2 aromatic rings. The molecule has 0 fully saturated rings. The maximum Gasteiger partial charge on any atom is 0.343 e. The van der Waals surface area contributed by atoms with Crippen molar-refractivity contribution in [3.05, 3.63) is 47.5 Å². The first-order valence-corrected chi connectivity index (χ1v) is 7.72. The minimum Gasteiger partial charge on any atom is -0.493 e. The Hall–Kier alpha value is -3.75. The van der Waals surface area contributed by atoms with Gasteiger partial charge in [-0.15, -0.1) is 5.10 Å². The lowest BCUT2D eigenvalue weighted by molar-refractivity contribution is 0.0729. The maximum absolute atomic E-state index is 12.4. The zero-order valence-electron chi connectivity index (χ0n) is 15.1. The Labute approximate surface area is 156 Å². The van der Waals surface area contributed by atoms with Crippen molar-refractivity contribution in [3.63, 3.8) is 0 Å². The molecule has 0 spiro atoms. The van der Waals surface area contributed by atoms with Crippen molar-refractivity contribution in [2.75, 3.05) is 21.3 Å². The second kappa shape index (κ2) is 9.09. The Morgan fingerprint density at radius 3 is 2.15 bits per heavy atom. The number of carbonyl (C=O) groups excluding carboxylic acids is 1. The van der Waals surface area contributed by atoms with E-state index in [1.54, 1.807) is 30.3 Å². The predicted molar refractivity (Wildman–Crippen MR) is 101 cm³/mol. The van der Waals surface area contributed by atoms with Crippen LogP contribution in [-0.2, 0) is 0 Å². The molecule has 0 saturated heterocycles. The van der Waals surface area contributed by atoms with Crippen molar-refractivity contribution in [3.8, 4) is 23.0 Å². The molecule has 0 heterocycles. The Morgan fingerprint density at radius 2 is 1.52 bits per heavy atom. The highest BCUT2D eigenvalue weighted by molar-refractivity contribution is 5.92. The summed E-state index contributed by atoms with van der Waals surface area (Å²) in [6.45, 7) is 0. The van der Waals surface area contributed by atoms with Crippen LogP contribution in [0.15, 0.2) is 46.6 Å². The van der Waals surface area contributed by atoms with Gasteiger partial charge in [-0.3, -0.25) is 0 Å². The summed E-state index contributed by atoms with van der Waals surface area (Å²) in [6.07, 6.45) is 1.43. The van der Waals surface area contributed by atoms with E-state index in [1.165, 1.54) is 33.6 Å². The number of ether oxygens (including phenoxy) is 4. The van der Waals surface area contributed by atoms with Gasteiger partial charge in [-0.1, -0.05) is 0 Å². The quantitative estimate of drug-likeness (QED) is 0.248. The molecule has 9 nitrogen and oxygen atoms in total. The topological polar surface area (TPSA) is 131 Å². The number of methoxy groups -OCH3 is 3. The summed E-state index contributed by atoms with van der Waals surface area (Å²) < 4.78 is 21.0. The summed E-state index contributed by atoms with van der Waals surface area (Å²) in [6, 6.07) is 9.61. The van der Waals surface area contributed by atoms with Gasteiger partial charge in [0.15, 0.2) is 23.0 Å². The lowest BCUT2D eigenvalue weighted by Gasteiger charge is -2.11. The van der Waals surface area contributed by atoms with E-state index in [0.717, 1.165) is 0 Å². The smallest absolute Gasteiger partial charge is 0.343 e. The van der Waals surface area contributed by atoms with Crippen molar-refractivity contribution in [1.29, 1.82) is 0 Å². The van der Waals surface area contributed by atoms with E-state index in [0.29, 0.717) is 28.4 Å². The van der Waals surface area contributed by atoms with E-state index in [-0.39, 0.29) is 11.7 Å². The summed E-state index contributed by atoms with van der Waals surface area (Å²) in [4.78, 5) is 12.4. The fraction of sp³-hybridized carbons (Fsp3) is 0.167. The molecule has 0 aliphatic carbocycles. The number of rotatable bonds is 7. The van der Waals surface area contributed by atoms with E-state index < -0.39 is 5.97 Å². The minimum absolute atomic E-state index is 0.154. The predicted octanol–water partition coefficient (Wildman–Crippen LogP) is 1.54. The highest BCUT2D eigenvalue weighted by Crippen LogP contribution is 2.31. The lowest BCUT2D eigenvalue weighted by atomic mass is 10.2. The molecule has 2 aromatic carbocycles. The van der Waals surface area contributed by atoms with Crippen LogP contribution < -0.4 is 30.4 Å². The average Bonchev–Trinajstić information content (AvgIpc) is 2.67. The summed E-state index contributed by atoms with van der Waals surface area (Å²) in [5.74, 6) is 0.796. The van der Waals surface area contributed by atoms with Crippen LogP contribution in [0.2, 0.25) is 0 Å². The van der Waals surface area contributed by atoms with Gasteiger partial charge in [0.25, 0.3) is 0 Å². The molecular weight excluding hydrogens is 352 g/mol. The van der Waals surface area contributed by atoms with Crippen LogP contribution in [-0.4, -0.2) is 39.5 Å². The molecule has 0 aliphatic heterocycles. The van der Waals surface area contributed by atoms with Crippen molar-refractivity contribution in [2.24, 2.45) is 21.7 Å². The number of carbonyl (C=O) groups is 1. The monoisotopic (exact) mass is 372 g/mol. The molecule has 0 radical (unpaired) electrons. The van der Waals surface area contributed by atoms with E-state index in [4.69, 9.17) is 30.4 Å². The van der Waals surface area contributed by atoms with Crippen molar-refractivity contribution < 1.29 is 23.7 Å². The van der Waals surface area contributed by atoms with Crippen LogP contribution >= 0.6 is 0 Å². The fourth-order valence-electron chi connectivity index (χ4n) is 2.13. The molecule has 0 aromatic heterocycles. The number of hydrogen-bond acceptors (Lipinski definition) is 7. The Morgan fingerprint density at radius 1 is 0.889 bits per heavy atom. The summed E-state index contributed by atoms with van der Waals surface area (Å²) >= 11 is 0. The van der Waals surface area contributed by atoms with Gasteiger partial charge in [0.2, 0.25) is 5.96 Å². The zero-order chi connectivity index (χ0) is 19.8. The molecule has 0 bridgehead atoms. The third-order valence-corrected chi connectivity index (χ3v) is 3.39. The van der Waals surface area contributed by atoms with Gasteiger partial charge in [-0.2, -0.15) is 5.10 Å². The molecule has 0 aliphatic rings. The number of guanidine groups is 1. The van der Waals surface area contributed by atoms with Crippen LogP contribution in [0.5, 0.6) is 23.0 Å². The Kier molecular flexibility index (Phi) is 6.59. The first-order valence-electron chi connectivity index (χ1n) is 7.72. The molecular formula is C18H20N4O5. The van der Waals surface area contributed by atoms with Crippen LogP contribution in [0.25, 0.3) is 0 Å². The summed E-state index contributed by atoms with van der Waals surface area (Å²) in [7, 11) is 4.46. The van der Waals surface area contributed by atoms with Crippen LogP contribution in [0, 0.1) is 0 Å². The molecule has 0 unspecified atom stereocenters. The van der Waals surface area contributed by atoms with Crippen LogP contribution in [0.3, 0.4) is 0 Å². The molecule has 9 heteroatoms. The number of esters is 1. The fourth-order valence-corrected chi connectivity index (χ4v) is 2.13. The average molecular weight is 372 g/mol. The first-order chi connectivity index (χ1) is 13.0. The van der Waals surface area contributed by atoms with E-state index in [9.17, 15) is 4.79 Å². The first kappa shape index (κ1) is 19.6. The standard InChI is InChI=1S/C18H20N4O5/c1-24-13-7-5-12(9-16(13)26-3)17(23)27-14-6-4-11(8-15(14)25-2)10-21-22-18(19)20/h4-10H,1-3H3,(H4,19,20,22)/b21-10-. The molecule has 0 amide bonds. The van der Waals surface area contributed by atoms with E-state index in [1.807, 2.05) is 0 Å². The molecule has 2 rings (SSSR count). The van der Waals surface area contributed by atoms with Gasteiger partial charge < -0.3 is 30.4 Å². The third-order valence-electron chi connectivity index (χ3n) is 3.39. The molecule has 27 heavy (non-hydrogen) atoms. The molecule has 0 atom stereocenters. The normalized spacial score (nSPS) is 10.3. The Balaban J connectivity index is 2.22. The van der Waals surface area contributed by atoms with Gasteiger partial charge >= 0.3 is 5.97 Å². The van der Waals surface area contributed by atoms with E-state index in [2.05, 4.69) is 10.2 Å². The lowest BCUT2D eigenvalue weighted by Crippen LogP contribution is -2.21. The number of nitrogens with two attached hydrogens (primary N) is 2. The van der Waals surface area contributed by atoms with E-state index >= 15 is 0 Å². The molecule has 0 saturated carbocycles. The van der Waals surface area contributed by atoms with Gasteiger partial charge in [0.1, 0.15) is 0 Å². The van der Waals surface area contributed by atoms with Crippen molar-refractivity contribution >= 4 is 18.1 Å². The van der Waals surface area contributed by atoms with Crippen molar-refractivity contribution in [2.45, 2.75) is 0 Å². The number of benzene rings is 2. The van der Waals surface area contributed by atoms with Gasteiger partial charge in [0.05, 0.1) is 33.1 Å². The SMILES string of the molecule is COc1ccc(C(=O)Oc2ccc(/C=N\N=C(N)N)cc2OC)cc1OC. The Bertz CT molecular complexity index is 876. The minimum atomic E-state index is -0.573. The number of hydrogen-bond donors (Lipinski definition) is 2. The summed E-state index contributed by atoms with van der Waals surface area (Å²) in [5.41, 5.74) is 11.4. The van der Waals surface area contributed by atoms with Gasteiger partial charge in [0, 0.05) is 0 Å². The summed E-state index contributed by atoms with van der Waals surface area (Å²) in [5, 5.41) is 7.22. The highest BCUT2D eigenvalue weighted by atomic mass is 16.6. The molecule has 142 valence electrons. The largest absolute Gasteiger partial charge is 0.493 e. The second-order valence-electron chi connectivity index (χ2n) is 5.14. The highest BCUT2D eigenvalue weighted by Gasteiger charge is 2.15. The number of nitrogens with zero attached hydrogens (tertiary/aromatic N) is 2. The molecule has 4 N–H and O–H groups in total. The zero-order valence-corrected chi connectivity index (χ0v) is 15.1. The second-order valence-corrected chi connectivity index (χ2v) is 5.14. The van der Waals surface area contributed by atoms with Gasteiger partial charge in [-0.05, 0) is 42.0 Å². The van der Waals surface area contributed by atoms with Crippen LogP contribution in [0.4, 0.5) is 0 Å². The van der Waals surface area contributed by atoms with Crippen LogP contribution in [0.1, 0.15) is 15.9 Å². The van der Waals surface area contributed by atoms with Crippen molar-refractivity contribution in [1.82, 2.24) is 0 Å². The van der Waals surface area contributed by atoms with Gasteiger partial charge in [-0.25, -0.2) is 4.79 Å². The maximum atomic E-state index is 12.4.